The van der Waals surface area contributed by atoms with E-state index < -0.39 is 24.2 Å². The zero-order valence-corrected chi connectivity index (χ0v) is 15.5. The molecular weight excluding hydrogens is 399 g/mol. The van der Waals surface area contributed by atoms with Crippen LogP contribution in [0.15, 0.2) is 53.4 Å². The maximum Gasteiger partial charge on any atom is 0.450 e. The average Bonchev–Trinajstić information content (AvgIpc) is 2.67. The van der Waals surface area contributed by atoms with Crippen LogP contribution in [0.25, 0.3) is 0 Å². The van der Waals surface area contributed by atoms with Gasteiger partial charge in [0.25, 0.3) is 0 Å². The van der Waals surface area contributed by atoms with E-state index in [0.29, 0.717) is 0 Å². The van der Waals surface area contributed by atoms with E-state index in [1.807, 2.05) is 24.3 Å². The molecule has 2 aromatic rings. The Morgan fingerprint density at radius 2 is 1.64 bits per heavy atom. The number of benzene rings is 2. The molecule has 0 saturated carbocycles. The van der Waals surface area contributed by atoms with Crippen molar-refractivity contribution in [3.05, 3.63) is 59.7 Å². The SMILES string of the molecule is Cc1ccc(C(=O)CC(=O)C(F)(F)F)cc1.NNc1ccc(SOON)cc1. The van der Waals surface area contributed by atoms with Crippen molar-refractivity contribution in [2.24, 2.45) is 11.7 Å². The number of carbonyl (C=O) groups excluding carboxylic acids is 2. The average molecular weight is 417 g/mol. The van der Waals surface area contributed by atoms with Gasteiger partial charge in [-0.15, -0.1) is 9.32 Å². The Balaban J connectivity index is 0.000000292. The van der Waals surface area contributed by atoms with Gasteiger partial charge in [0.2, 0.25) is 5.78 Å². The molecule has 0 amide bonds. The van der Waals surface area contributed by atoms with E-state index in [1.165, 1.54) is 12.1 Å². The van der Waals surface area contributed by atoms with Gasteiger partial charge in [-0.05, 0) is 31.2 Å². The van der Waals surface area contributed by atoms with Crippen molar-refractivity contribution in [2.45, 2.75) is 24.4 Å². The Bertz CT molecular complexity index is 769. The van der Waals surface area contributed by atoms with Crippen molar-refractivity contribution in [2.75, 3.05) is 5.43 Å². The molecule has 0 aliphatic carbocycles. The van der Waals surface area contributed by atoms with Gasteiger partial charge in [-0.1, -0.05) is 29.8 Å². The smallest absolute Gasteiger partial charge is 0.324 e. The summed E-state index contributed by atoms with van der Waals surface area (Å²) in [7, 11) is 0. The van der Waals surface area contributed by atoms with Crippen molar-refractivity contribution >= 4 is 29.3 Å². The van der Waals surface area contributed by atoms with Crippen LogP contribution in [0, 0.1) is 6.92 Å². The molecular formula is C17H18F3N3O4S. The zero-order chi connectivity index (χ0) is 21.2. The fourth-order valence-corrected chi connectivity index (χ4v) is 2.12. The molecule has 0 aliphatic heterocycles. The van der Waals surface area contributed by atoms with Gasteiger partial charge in [-0.3, -0.25) is 15.4 Å². The third-order valence-corrected chi connectivity index (χ3v) is 3.81. The van der Waals surface area contributed by atoms with E-state index in [-0.39, 0.29) is 5.56 Å². The van der Waals surface area contributed by atoms with Gasteiger partial charge in [0.05, 0.1) is 18.5 Å². The Labute approximate surface area is 163 Å². The van der Waals surface area contributed by atoms with Crippen LogP contribution in [-0.2, 0) is 14.1 Å². The Kier molecular flexibility index (Phi) is 9.62. The number of carbonyl (C=O) groups is 2. The number of hydrogen-bond acceptors (Lipinski definition) is 8. The first-order chi connectivity index (χ1) is 13.2. The first kappa shape index (κ1) is 23.6. The van der Waals surface area contributed by atoms with E-state index in [2.05, 4.69) is 20.6 Å². The van der Waals surface area contributed by atoms with Crippen LogP contribution in [0.4, 0.5) is 18.9 Å². The summed E-state index contributed by atoms with van der Waals surface area (Å²) in [6.07, 6.45) is -6.08. The van der Waals surface area contributed by atoms with E-state index in [1.54, 1.807) is 19.1 Å². The van der Waals surface area contributed by atoms with Gasteiger partial charge in [0.1, 0.15) is 0 Å². The number of aryl methyl sites for hydroxylation is 1. The molecule has 0 fully saturated rings. The van der Waals surface area contributed by atoms with E-state index in [0.717, 1.165) is 28.2 Å². The monoisotopic (exact) mass is 417 g/mol. The minimum Gasteiger partial charge on any atom is -0.324 e. The highest BCUT2D eigenvalue weighted by molar-refractivity contribution is 7.94. The number of rotatable bonds is 7. The van der Waals surface area contributed by atoms with Crippen LogP contribution in [0.5, 0.6) is 0 Å². The third-order valence-electron chi connectivity index (χ3n) is 3.20. The van der Waals surface area contributed by atoms with Gasteiger partial charge in [-0.25, -0.2) is 0 Å². The van der Waals surface area contributed by atoms with Gasteiger partial charge < -0.3 is 5.43 Å². The summed E-state index contributed by atoms with van der Waals surface area (Å²) in [5, 5.41) is 0. The van der Waals surface area contributed by atoms with Crippen LogP contribution in [0.1, 0.15) is 22.3 Å². The summed E-state index contributed by atoms with van der Waals surface area (Å²) >= 11 is 1.02. The molecule has 0 heterocycles. The van der Waals surface area contributed by atoms with Crippen molar-refractivity contribution in [1.82, 2.24) is 0 Å². The van der Waals surface area contributed by atoms with Gasteiger partial charge in [0, 0.05) is 16.1 Å². The largest absolute Gasteiger partial charge is 0.450 e. The third kappa shape index (κ3) is 8.50. The molecule has 28 heavy (non-hydrogen) atoms. The molecule has 0 spiro atoms. The lowest BCUT2D eigenvalue weighted by Crippen LogP contribution is -2.25. The molecule has 0 radical (unpaired) electrons. The summed E-state index contributed by atoms with van der Waals surface area (Å²) in [6.45, 7) is 1.79. The van der Waals surface area contributed by atoms with Crippen LogP contribution in [0.2, 0.25) is 0 Å². The van der Waals surface area contributed by atoms with Crippen molar-refractivity contribution in [1.29, 1.82) is 0 Å². The molecule has 5 N–H and O–H groups in total. The molecule has 0 unspecified atom stereocenters. The maximum absolute atomic E-state index is 11.9. The summed E-state index contributed by atoms with van der Waals surface area (Å²) in [5.41, 5.74) is 4.33. The Hall–Kier alpha value is -2.44. The first-order valence-electron chi connectivity index (χ1n) is 7.64. The highest BCUT2D eigenvalue weighted by Crippen LogP contribution is 2.20. The number of hydrogen-bond donors (Lipinski definition) is 3. The highest BCUT2D eigenvalue weighted by Gasteiger charge is 2.39. The predicted octanol–water partition coefficient (Wildman–Crippen LogP) is 3.50. The second kappa shape index (κ2) is 11.4. The van der Waals surface area contributed by atoms with E-state index in [4.69, 9.17) is 5.84 Å². The lowest BCUT2D eigenvalue weighted by atomic mass is 10.0. The molecule has 0 saturated heterocycles. The van der Waals surface area contributed by atoms with Crippen LogP contribution < -0.4 is 17.2 Å². The minimum absolute atomic E-state index is 0.114. The zero-order valence-electron chi connectivity index (χ0n) is 14.7. The topological polar surface area (TPSA) is 117 Å². The summed E-state index contributed by atoms with van der Waals surface area (Å²) < 4.78 is 40.1. The standard InChI is InChI=1S/C11H9F3O2.C6H9N3O2S/c1-7-2-4-8(5-3-7)9(15)6-10(16)11(12,13)14;7-9-5-1-3-6(4-2-5)12-11-10-8/h2-5H,6H2,1H3;1-4,9H,7-8H2. The molecule has 2 aromatic carbocycles. The summed E-state index contributed by atoms with van der Waals surface area (Å²) in [4.78, 5) is 26.7. The number of anilines is 1. The number of nitrogen functional groups attached to an aromatic ring is 1. The summed E-state index contributed by atoms with van der Waals surface area (Å²) in [6, 6.07) is 13.3. The quantitative estimate of drug-likeness (QED) is 0.157. The molecule has 11 heteroatoms. The predicted molar refractivity (Wildman–Crippen MR) is 97.7 cm³/mol. The molecule has 0 bridgehead atoms. The van der Waals surface area contributed by atoms with Gasteiger partial charge in [-0.2, -0.15) is 19.1 Å². The van der Waals surface area contributed by atoms with Gasteiger partial charge >= 0.3 is 6.18 Å². The van der Waals surface area contributed by atoms with Crippen LogP contribution in [-0.4, -0.2) is 17.7 Å². The first-order valence-corrected chi connectivity index (χ1v) is 8.38. The molecule has 0 atom stereocenters. The molecule has 7 nitrogen and oxygen atoms in total. The van der Waals surface area contributed by atoms with Crippen LogP contribution in [0.3, 0.4) is 0 Å². The Morgan fingerprint density at radius 1 is 1.07 bits per heavy atom. The molecule has 0 aliphatic rings. The van der Waals surface area contributed by atoms with Crippen molar-refractivity contribution < 1.29 is 32.1 Å². The number of halogens is 3. The number of hydrazine groups is 1. The Morgan fingerprint density at radius 3 is 2.11 bits per heavy atom. The molecule has 152 valence electrons. The number of ketones is 2. The molecule has 2 rings (SSSR count). The number of alkyl halides is 3. The molecule has 0 aromatic heterocycles. The number of nitrogens with one attached hydrogen (secondary N) is 1. The highest BCUT2D eigenvalue weighted by atomic mass is 32.2. The summed E-state index contributed by atoms with van der Waals surface area (Å²) in [5.74, 6) is 6.99. The van der Waals surface area contributed by atoms with Crippen LogP contribution >= 0.6 is 12.0 Å². The van der Waals surface area contributed by atoms with Crippen molar-refractivity contribution in [3.8, 4) is 0 Å². The second-order valence-electron chi connectivity index (χ2n) is 5.30. The fourth-order valence-electron chi connectivity index (χ4n) is 1.75. The second-order valence-corrected chi connectivity index (χ2v) is 6.08. The van der Waals surface area contributed by atoms with E-state index in [9.17, 15) is 22.8 Å². The number of nitrogens with two attached hydrogens (primary N) is 2. The lowest BCUT2D eigenvalue weighted by Gasteiger charge is -2.04. The fraction of sp³-hybridized carbons (Fsp3) is 0.176. The number of Topliss-reactive ketones (excluding diaryl/α,β-unsaturated/α-hetero) is 2. The van der Waals surface area contributed by atoms with Crippen molar-refractivity contribution in [3.63, 3.8) is 0 Å². The van der Waals surface area contributed by atoms with Gasteiger partial charge in [0.15, 0.2) is 5.78 Å². The lowest BCUT2D eigenvalue weighted by molar-refractivity contribution is -0.195. The minimum atomic E-state index is -4.94. The normalized spacial score (nSPS) is 10.6. The maximum atomic E-state index is 11.9. The van der Waals surface area contributed by atoms with E-state index >= 15 is 0 Å².